The summed E-state index contributed by atoms with van der Waals surface area (Å²) in [4.78, 5) is 12.5. The van der Waals surface area contributed by atoms with E-state index in [1.165, 1.54) is 154 Å². The highest BCUT2D eigenvalue weighted by Crippen LogP contribution is 2.18. The highest BCUT2D eigenvalue weighted by molar-refractivity contribution is 5.67. The Hall–Kier alpha value is -1.33. The van der Waals surface area contributed by atoms with Crippen molar-refractivity contribution in [3.63, 3.8) is 0 Å². The molecule has 0 spiro atoms. The van der Waals surface area contributed by atoms with Gasteiger partial charge in [0.1, 0.15) is 6.10 Å². The molecule has 292 valence electrons. The zero-order valence-corrected chi connectivity index (χ0v) is 32.6. The van der Waals surface area contributed by atoms with E-state index in [1.54, 1.807) is 7.11 Å². The molecule has 1 unspecified atom stereocenters. The number of alkyl carbamates (subject to hydrolysis) is 1. The second kappa shape index (κ2) is 44.7. The van der Waals surface area contributed by atoms with Gasteiger partial charge in [-0.15, -0.1) is 0 Å². The highest BCUT2D eigenvalue weighted by Gasteiger charge is 2.14. The Morgan fingerprint density at radius 3 is 1.45 bits per heavy atom. The molecule has 0 aromatic carbocycles. The van der Waals surface area contributed by atoms with Crippen molar-refractivity contribution in [1.82, 2.24) is 5.32 Å². The molecular weight excluding hydrogens is 606 g/mol. The van der Waals surface area contributed by atoms with Crippen molar-refractivity contribution in [2.24, 2.45) is 0 Å². The maximum Gasteiger partial charge on any atom is 0.407 e. The molecule has 5 heteroatoms. The van der Waals surface area contributed by atoms with E-state index in [0.29, 0.717) is 26.4 Å². The van der Waals surface area contributed by atoms with Crippen LogP contribution in [0.4, 0.5) is 4.79 Å². The van der Waals surface area contributed by atoms with Crippen molar-refractivity contribution in [2.45, 2.75) is 220 Å². The number of rotatable bonds is 39. The Bertz CT molecular complexity index is 680. The Labute approximate surface area is 307 Å². The average molecular weight is 694 g/mol. The van der Waals surface area contributed by atoms with Crippen molar-refractivity contribution in [3.05, 3.63) is 24.3 Å². The smallest absolute Gasteiger partial charge is 0.407 e. The first-order chi connectivity index (χ1) is 23.7. The van der Waals surface area contributed by atoms with Crippen LogP contribution in [0.5, 0.6) is 0 Å². The predicted octanol–water partition coefficient (Wildman–Crippen LogP) is 14.2. The van der Waals surface area contributed by atoms with Gasteiger partial charge in [-0.05, 0) is 64.2 Å². The number of unbranched alkanes of at least 4 members (excludes halogenated alkanes) is 23. The molecule has 1 atom stereocenters. The third-order valence-corrected chi connectivity index (χ3v) is 9.30. The lowest BCUT2D eigenvalue weighted by atomic mass is 10.0. The molecule has 0 saturated carbocycles. The van der Waals surface area contributed by atoms with Crippen molar-refractivity contribution >= 4 is 6.09 Å². The first-order valence-corrected chi connectivity index (χ1v) is 21.1. The second-order valence-electron chi connectivity index (χ2n) is 14.0. The fourth-order valence-corrected chi connectivity index (χ4v) is 6.17. The largest absolute Gasteiger partial charge is 0.446 e. The van der Waals surface area contributed by atoms with Crippen LogP contribution in [-0.2, 0) is 14.2 Å². The third kappa shape index (κ3) is 42.8. The Kier molecular flexibility index (Phi) is 45.4. The van der Waals surface area contributed by atoms with Crippen LogP contribution >= 0.6 is 0 Å². The number of hydrogen-bond donors (Lipinski definition) is 1. The number of methoxy groups -OCH3 is 1. The molecule has 0 aliphatic heterocycles. The first-order valence-electron chi connectivity index (χ1n) is 21.1. The summed E-state index contributed by atoms with van der Waals surface area (Å²) in [6.07, 6.45) is 47.5. The zero-order chi connectivity index (χ0) is 34.9. The molecule has 49 heavy (non-hydrogen) atoms. The molecule has 0 bridgehead atoms. The molecule has 1 amide bonds. The maximum atomic E-state index is 12.5. The van der Waals surface area contributed by atoms with E-state index in [2.05, 4.69) is 43.5 Å². The minimum atomic E-state index is -0.268. The van der Waals surface area contributed by atoms with Gasteiger partial charge in [0, 0.05) is 20.3 Å². The molecule has 0 fully saturated rings. The molecular formula is C44H87NO4. The summed E-state index contributed by atoms with van der Waals surface area (Å²) in [6.45, 7) is 6.95. The van der Waals surface area contributed by atoms with Crippen molar-refractivity contribution in [3.8, 4) is 0 Å². The van der Waals surface area contributed by atoms with Crippen molar-refractivity contribution < 1.29 is 19.0 Å². The van der Waals surface area contributed by atoms with E-state index in [1.807, 2.05) is 0 Å². The van der Waals surface area contributed by atoms with Gasteiger partial charge in [-0.2, -0.15) is 0 Å². The van der Waals surface area contributed by atoms with Gasteiger partial charge >= 0.3 is 6.09 Å². The van der Waals surface area contributed by atoms with Crippen LogP contribution in [0.15, 0.2) is 24.3 Å². The molecule has 1 N–H and O–H groups in total. The number of carbonyl (C=O) groups excluding carboxylic acids is 1. The quantitative estimate of drug-likeness (QED) is 0.0514. The molecule has 0 radical (unpaired) electrons. The molecule has 0 aromatic rings. The number of allylic oxidation sites excluding steroid dienone is 4. The number of nitrogens with one attached hydrogen (secondary N) is 1. The van der Waals surface area contributed by atoms with Crippen LogP contribution in [0.3, 0.4) is 0 Å². The average Bonchev–Trinajstić information content (AvgIpc) is 3.09. The monoisotopic (exact) mass is 694 g/mol. The topological polar surface area (TPSA) is 56.8 Å². The second-order valence-corrected chi connectivity index (χ2v) is 14.0. The molecule has 0 saturated heterocycles. The Morgan fingerprint density at radius 1 is 0.531 bits per heavy atom. The maximum absolute atomic E-state index is 12.5. The highest BCUT2D eigenvalue weighted by atomic mass is 16.6. The Morgan fingerprint density at radius 2 is 0.959 bits per heavy atom. The summed E-state index contributed by atoms with van der Waals surface area (Å²) < 4.78 is 16.4. The van der Waals surface area contributed by atoms with Crippen LogP contribution in [0.1, 0.15) is 214 Å². The van der Waals surface area contributed by atoms with Gasteiger partial charge in [-0.3, -0.25) is 0 Å². The summed E-state index contributed by atoms with van der Waals surface area (Å²) in [7, 11) is 1.67. The molecule has 0 heterocycles. The van der Waals surface area contributed by atoms with Crippen LogP contribution < -0.4 is 5.32 Å². The van der Waals surface area contributed by atoms with Crippen LogP contribution in [0, 0.1) is 0 Å². The minimum absolute atomic E-state index is 0. The fraction of sp³-hybridized carbons (Fsp3) is 0.886. The van der Waals surface area contributed by atoms with Crippen LogP contribution in [0.25, 0.3) is 0 Å². The third-order valence-electron chi connectivity index (χ3n) is 9.30. The van der Waals surface area contributed by atoms with Crippen molar-refractivity contribution in [1.29, 1.82) is 0 Å². The summed E-state index contributed by atoms with van der Waals surface area (Å²) in [5, 5.41) is 2.93. The van der Waals surface area contributed by atoms with E-state index in [-0.39, 0.29) is 19.6 Å². The number of carbonyl (C=O) groups is 1. The van der Waals surface area contributed by atoms with Gasteiger partial charge in [0.2, 0.25) is 0 Å². The van der Waals surface area contributed by atoms with E-state index < -0.39 is 0 Å². The van der Waals surface area contributed by atoms with Gasteiger partial charge in [0.15, 0.2) is 0 Å². The van der Waals surface area contributed by atoms with E-state index in [9.17, 15) is 4.79 Å². The lowest BCUT2D eigenvalue weighted by Gasteiger charge is -2.18. The van der Waals surface area contributed by atoms with E-state index >= 15 is 0 Å². The zero-order valence-electron chi connectivity index (χ0n) is 32.6. The number of amides is 1. The van der Waals surface area contributed by atoms with Crippen molar-refractivity contribution in [2.75, 3.05) is 33.5 Å². The predicted molar refractivity (Wildman–Crippen MR) is 216 cm³/mol. The van der Waals surface area contributed by atoms with Crippen LogP contribution in [-0.4, -0.2) is 45.7 Å². The van der Waals surface area contributed by atoms with Gasteiger partial charge in [0.05, 0.1) is 13.2 Å². The van der Waals surface area contributed by atoms with Gasteiger partial charge < -0.3 is 19.5 Å². The minimum Gasteiger partial charge on any atom is -0.446 e. The lowest BCUT2D eigenvalue weighted by molar-refractivity contribution is 0.0670. The summed E-state index contributed by atoms with van der Waals surface area (Å²) >= 11 is 0. The Balaban J connectivity index is 0. The number of ether oxygens (including phenoxy) is 3. The SMILES string of the molecule is C.CCCCC/C=C\C/C=C\CCCCCCCC(CCCCCCCCCCCCCCCCCC)OC(=O)NCCCOCCOC. The molecule has 0 aliphatic carbocycles. The van der Waals surface area contributed by atoms with E-state index in [4.69, 9.17) is 14.2 Å². The summed E-state index contributed by atoms with van der Waals surface area (Å²) in [5.74, 6) is 0. The molecule has 5 nitrogen and oxygen atoms in total. The number of hydrogen-bond acceptors (Lipinski definition) is 4. The van der Waals surface area contributed by atoms with E-state index in [0.717, 1.165) is 38.5 Å². The molecule has 0 rings (SSSR count). The normalized spacial score (nSPS) is 12.1. The van der Waals surface area contributed by atoms with Crippen LogP contribution in [0.2, 0.25) is 0 Å². The molecule has 0 aliphatic rings. The first kappa shape index (κ1) is 49.8. The lowest BCUT2D eigenvalue weighted by Crippen LogP contribution is -2.30. The standard InChI is InChI=1S/C43H83NO4.CH4/c1-4-6-8-10-12-14-16-18-20-22-24-26-28-30-32-34-37-42(48-43(45)44-38-35-39-47-41-40-46-3)36-33-31-29-27-25-23-21-19-17-15-13-11-9-7-5-2;/h13,15,19,21,42H,4-12,14,16-18,20,22-41H2,1-3H3,(H,44,45);1H4/b15-13-,21-19-;. The summed E-state index contributed by atoms with van der Waals surface area (Å²) in [6, 6.07) is 0. The fourth-order valence-electron chi connectivity index (χ4n) is 6.17. The van der Waals surface area contributed by atoms with Gasteiger partial charge in [-0.25, -0.2) is 4.79 Å². The van der Waals surface area contributed by atoms with Gasteiger partial charge in [-0.1, -0.05) is 174 Å². The van der Waals surface area contributed by atoms with Gasteiger partial charge in [0.25, 0.3) is 0 Å². The molecule has 0 aromatic heterocycles. The summed E-state index contributed by atoms with van der Waals surface area (Å²) in [5.41, 5.74) is 0.